The first-order valence-electron chi connectivity index (χ1n) is 7.17. The van der Waals surface area contributed by atoms with Crippen LogP contribution in [0, 0.1) is 18.3 Å². The average Bonchev–Trinajstić information content (AvgIpc) is 2.89. The molecular weight excluding hydrogens is 236 g/mol. The van der Waals surface area contributed by atoms with Gasteiger partial charge in [0.1, 0.15) is 11.3 Å². The fourth-order valence-corrected chi connectivity index (χ4v) is 3.42. The molecule has 0 aromatic heterocycles. The molecular formula is C16H20N2O. The van der Waals surface area contributed by atoms with E-state index in [1.165, 1.54) is 12.8 Å². The van der Waals surface area contributed by atoms with Gasteiger partial charge in [0.15, 0.2) is 0 Å². The molecule has 100 valence electrons. The fraction of sp³-hybridized carbons (Fsp3) is 0.562. The Balaban J connectivity index is 2.15. The zero-order chi connectivity index (χ0) is 13.3. The van der Waals surface area contributed by atoms with Crippen LogP contribution in [0.5, 0.6) is 5.75 Å². The molecule has 1 unspecified atom stereocenters. The lowest BCUT2D eigenvalue weighted by Crippen LogP contribution is -2.43. The van der Waals surface area contributed by atoms with Crippen LogP contribution in [0.3, 0.4) is 0 Å². The van der Waals surface area contributed by atoms with Gasteiger partial charge in [-0.25, -0.2) is 0 Å². The number of hydrogen-bond acceptors (Lipinski definition) is 3. The van der Waals surface area contributed by atoms with Crippen LogP contribution in [-0.4, -0.2) is 24.6 Å². The fourth-order valence-electron chi connectivity index (χ4n) is 3.42. The van der Waals surface area contributed by atoms with Crippen LogP contribution in [0.25, 0.3) is 0 Å². The van der Waals surface area contributed by atoms with Gasteiger partial charge in [-0.2, -0.15) is 5.26 Å². The Labute approximate surface area is 114 Å². The summed E-state index contributed by atoms with van der Waals surface area (Å²) < 4.78 is 5.92. The number of likely N-dealkylation sites (tertiary alicyclic amines) is 1. The lowest BCUT2D eigenvalue weighted by molar-refractivity contribution is 0.162. The second-order valence-corrected chi connectivity index (χ2v) is 5.57. The normalized spacial score (nSPS) is 27.2. The van der Waals surface area contributed by atoms with Crippen molar-refractivity contribution >= 4 is 0 Å². The molecule has 2 aliphatic rings. The number of benzene rings is 1. The number of ether oxygens (including phenoxy) is 1. The minimum absolute atomic E-state index is 0.478. The van der Waals surface area contributed by atoms with Crippen LogP contribution in [0.2, 0.25) is 0 Å². The average molecular weight is 256 g/mol. The van der Waals surface area contributed by atoms with Crippen molar-refractivity contribution in [3.63, 3.8) is 0 Å². The van der Waals surface area contributed by atoms with Gasteiger partial charge in [-0.15, -0.1) is 0 Å². The first-order chi connectivity index (χ1) is 9.28. The van der Waals surface area contributed by atoms with Gasteiger partial charge in [-0.05, 0) is 38.2 Å². The second-order valence-electron chi connectivity index (χ2n) is 5.57. The van der Waals surface area contributed by atoms with Crippen molar-refractivity contribution in [2.24, 2.45) is 0 Å². The van der Waals surface area contributed by atoms with Crippen molar-refractivity contribution in [1.82, 2.24) is 4.90 Å². The van der Waals surface area contributed by atoms with Crippen molar-refractivity contribution < 1.29 is 4.74 Å². The van der Waals surface area contributed by atoms with E-state index in [2.05, 4.69) is 30.0 Å². The summed E-state index contributed by atoms with van der Waals surface area (Å²) in [5.74, 6) is 0.938. The van der Waals surface area contributed by atoms with Gasteiger partial charge in [0.25, 0.3) is 0 Å². The maximum Gasteiger partial charge on any atom is 0.138 e. The molecule has 0 spiro atoms. The number of para-hydroxylation sites is 1. The lowest BCUT2D eigenvalue weighted by atomic mass is 9.84. The summed E-state index contributed by atoms with van der Waals surface area (Å²) in [5.41, 5.74) is 1.74. The molecule has 3 nitrogen and oxygen atoms in total. The predicted octanol–water partition coefficient (Wildman–Crippen LogP) is 2.98. The first-order valence-corrected chi connectivity index (χ1v) is 7.17. The third kappa shape index (κ3) is 1.91. The number of nitrogens with zero attached hydrogens (tertiary/aromatic N) is 2. The highest BCUT2D eigenvalue weighted by molar-refractivity contribution is 5.48. The van der Waals surface area contributed by atoms with Gasteiger partial charge in [0.2, 0.25) is 0 Å². The van der Waals surface area contributed by atoms with Crippen molar-refractivity contribution in [2.45, 2.75) is 38.1 Å². The van der Waals surface area contributed by atoms with E-state index in [9.17, 15) is 5.26 Å². The molecule has 2 heterocycles. The van der Waals surface area contributed by atoms with Crippen LogP contribution in [0.4, 0.5) is 0 Å². The van der Waals surface area contributed by atoms with E-state index < -0.39 is 5.54 Å². The third-order valence-electron chi connectivity index (χ3n) is 4.42. The quantitative estimate of drug-likeness (QED) is 0.775. The summed E-state index contributed by atoms with van der Waals surface area (Å²) in [6, 6.07) is 8.82. The summed E-state index contributed by atoms with van der Waals surface area (Å²) >= 11 is 0. The predicted molar refractivity (Wildman–Crippen MR) is 74.0 cm³/mol. The number of hydrogen-bond donors (Lipinski definition) is 0. The summed E-state index contributed by atoms with van der Waals surface area (Å²) in [6.45, 7) is 4.84. The molecule has 0 saturated carbocycles. The number of aryl methyl sites for hydroxylation is 1. The maximum atomic E-state index is 9.92. The molecule has 0 N–H and O–H groups in total. The number of rotatable bonds is 1. The molecule has 2 aliphatic heterocycles. The SMILES string of the molecule is Cc1cccc2c1OCCCC2(C#N)N1CCCC1. The van der Waals surface area contributed by atoms with E-state index in [0.29, 0.717) is 0 Å². The van der Waals surface area contributed by atoms with E-state index in [1.807, 2.05) is 6.07 Å². The molecule has 0 amide bonds. The number of nitriles is 1. The Morgan fingerprint density at radius 2 is 2.05 bits per heavy atom. The second kappa shape index (κ2) is 4.86. The van der Waals surface area contributed by atoms with E-state index in [0.717, 1.165) is 49.4 Å². The van der Waals surface area contributed by atoms with E-state index >= 15 is 0 Å². The lowest BCUT2D eigenvalue weighted by Gasteiger charge is -2.36. The number of fused-ring (bicyclic) bond motifs is 1. The van der Waals surface area contributed by atoms with Crippen molar-refractivity contribution in [2.75, 3.05) is 19.7 Å². The molecule has 0 bridgehead atoms. The van der Waals surface area contributed by atoms with E-state index in [1.54, 1.807) is 0 Å². The Hall–Kier alpha value is -1.53. The summed E-state index contributed by atoms with van der Waals surface area (Å²) in [5, 5.41) is 9.92. The van der Waals surface area contributed by atoms with Gasteiger partial charge >= 0.3 is 0 Å². The molecule has 1 aromatic rings. The Morgan fingerprint density at radius 1 is 1.26 bits per heavy atom. The summed E-state index contributed by atoms with van der Waals surface area (Å²) in [4.78, 5) is 2.36. The summed E-state index contributed by atoms with van der Waals surface area (Å²) in [7, 11) is 0. The maximum absolute atomic E-state index is 9.92. The zero-order valence-corrected chi connectivity index (χ0v) is 11.5. The molecule has 19 heavy (non-hydrogen) atoms. The van der Waals surface area contributed by atoms with Crippen LogP contribution in [0.15, 0.2) is 18.2 Å². The van der Waals surface area contributed by atoms with Gasteiger partial charge in [0.05, 0.1) is 12.7 Å². The monoisotopic (exact) mass is 256 g/mol. The highest BCUT2D eigenvalue weighted by Gasteiger charge is 2.43. The molecule has 3 rings (SSSR count). The van der Waals surface area contributed by atoms with Crippen molar-refractivity contribution in [3.8, 4) is 11.8 Å². The third-order valence-corrected chi connectivity index (χ3v) is 4.42. The Kier molecular flexibility index (Phi) is 3.20. The summed E-state index contributed by atoms with van der Waals surface area (Å²) in [6.07, 6.45) is 4.22. The minimum Gasteiger partial charge on any atom is -0.493 e. The van der Waals surface area contributed by atoms with E-state index in [4.69, 9.17) is 4.74 Å². The van der Waals surface area contributed by atoms with Crippen molar-refractivity contribution in [1.29, 1.82) is 5.26 Å². The highest BCUT2D eigenvalue weighted by atomic mass is 16.5. The molecule has 1 fully saturated rings. The Bertz CT molecular complexity index is 514. The van der Waals surface area contributed by atoms with Gasteiger partial charge < -0.3 is 4.74 Å². The van der Waals surface area contributed by atoms with Crippen LogP contribution in [-0.2, 0) is 5.54 Å². The van der Waals surface area contributed by atoms with Gasteiger partial charge in [0, 0.05) is 18.7 Å². The topological polar surface area (TPSA) is 36.3 Å². The molecule has 1 atom stereocenters. The molecule has 1 saturated heterocycles. The zero-order valence-electron chi connectivity index (χ0n) is 11.5. The van der Waals surface area contributed by atoms with E-state index in [-0.39, 0.29) is 0 Å². The Morgan fingerprint density at radius 3 is 2.79 bits per heavy atom. The standard InChI is InChI=1S/C16H20N2O/c1-13-6-4-7-14-15(13)19-11-5-8-16(14,12-17)18-9-2-3-10-18/h4,6-7H,2-3,5,8-11H2,1H3. The van der Waals surface area contributed by atoms with Crippen molar-refractivity contribution in [3.05, 3.63) is 29.3 Å². The van der Waals surface area contributed by atoms with Crippen LogP contribution >= 0.6 is 0 Å². The molecule has 1 aromatic carbocycles. The van der Waals surface area contributed by atoms with Gasteiger partial charge in [-0.1, -0.05) is 18.2 Å². The largest absolute Gasteiger partial charge is 0.493 e. The molecule has 0 aliphatic carbocycles. The van der Waals surface area contributed by atoms with Crippen LogP contribution in [0.1, 0.15) is 36.8 Å². The molecule has 3 heteroatoms. The smallest absolute Gasteiger partial charge is 0.138 e. The van der Waals surface area contributed by atoms with Gasteiger partial charge in [-0.3, -0.25) is 4.90 Å². The first kappa shape index (κ1) is 12.5. The minimum atomic E-state index is -0.478. The highest BCUT2D eigenvalue weighted by Crippen LogP contribution is 2.43. The molecule has 0 radical (unpaired) electrons. The van der Waals surface area contributed by atoms with Crippen LogP contribution < -0.4 is 4.74 Å².